The van der Waals surface area contributed by atoms with Crippen LogP contribution in [0, 0.1) is 5.41 Å². The van der Waals surface area contributed by atoms with Crippen molar-refractivity contribution in [1.29, 1.82) is 0 Å². The number of hydrogen-bond acceptors (Lipinski definition) is 8. The smallest absolute Gasteiger partial charge is 0.340 e. The lowest BCUT2D eigenvalue weighted by atomic mass is 9.70. The van der Waals surface area contributed by atoms with Crippen LogP contribution < -0.4 is 5.73 Å². The average Bonchev–Trinajstić information content (AvgIpc) is 2.71. The highest BCUT2D eigenvalue weighted by atomic mass is 16.6. The summed E-state index contributed by atoms with van der Waals surface area (Å²) in [5, 5.41) is 0. The van der Waals surface area contributed by atoms with Crippen LogP contribution in [0.1, 0.15) is 48.5 Å². The second-order valence-electron chi connectivity index (χ2n) is 8.33. The minimum Gasteiger partial charge on any atom is -0.465 e. The van der Waals surface area contributed by atoms with Crippen molar-refractivity contribution in [3.63, 3.8) is 0 Å². The molecule has 0 spiro atoms. The van der Waals surface area contributed by atoms with E-state index in [2.05, 4.69) is 0 Å². The Bertz CT molecular complexity index is 957. The van der Waals surface area contributed by atoms with Crippen LogP contribution in [0.4, 0.5) is 0 Å². The SMILES string of the molecule is COCCOC(=O)C1=C(N)OC2=C(C(=O)CC(C)(C)C2)[C@H]1c1ccc(C(=O)OC)cc1. The van der Waals surface area contributed by atoms with Gasteiger partial charge in [-0.3, -0.25) is 4.79 Å². The third-order valence-electron chi connectivity index (χ3n) is 5.36. The fourth-order valence-corrected chi connectivity index (χ4v) is 3.94. The predicted octanol–water partition coefficient (Wildman–Crippen LogP) is 2.59. The van der Waals surface area contributed by atoms with Crippen LogP contribution in [0.3, 0.4) is 0 Å². The maximum absolute atomic E-state index is 13.1. The molecule has 0 aromatic heterocycles. The number of rotatable bonds is 6. The highest BCUT2D eigenvalue weighted by molar-refractivity contribution is 6.03. The van der Waals surface area contributed by atoms with Crippen molar-refractivity contribution in [3.8, 4) is 0 Å². The summed E-state index contributed by atoms with van der Waals surface area (Å²) < 4.78 is 20.7. The molecule has 1 aliphatic heterocycles. The molecule has 0 radical (unpaired) electrons. The number of carbonyl (C=O) groups is 3. The molecule has 1 aliphatic carbocycles. The van der Waals surface area contributed by atoms with Gasteiger partial charge in [0.25, 0.3) is 0 Å². The monoisotopic (exact) mass is 429 g/mol. The molecule has 0 fully saturated rings. The van der Waals surface area contributed by atoms with Gasteiger partial charge in [0.15, 0.2) is 5.78 Å². The maximum atomic E-state index is 13.1. The summed E-state index contributed by atoms with van der Waals surface area (Å²) in [6.45, 7) is 4.21. The Morgan fingerprint density at radius 1 is 1.10 bits per heavy atom. The minimum absolute atomic E-state index is 0.0347. The van der Waals surface area contributed by atoms with E-state index >= 15 is 0 Å². The molecule has 2 N–H and O–H groups in total. The van der Waals surface area contributed by atoms with Crippen LogP contribution in [0.2, 0.25) is 0 Å². The van der Waals surface area contributed by atoms with Gasteiger partial charge in [0, 0.05) is 25.5 Å². The van der Waals surface area contributed by atoms with Crippen molar-refractivity contribution in [1.82, 2.24) is 0 Å². The van der Waals surface area contributed by atoms with Gasteiger partial charge < -0.3 is 24.7 Å². The van der Waals surface area contributed by atoms with Crippen LogP contribution in [0.5, 0.6) is 0 Å². The Labute approximate surface area is 181 Å². The Morgan fingerprint density at radius 2 is 1.77 bits per heavy atom. The number of ether oxygens (including phenoxy) is 4. The number of nitrogens with two attached hydrogens (primary N) is 1. The van der Waals surface area contributed by atoms with Gasteiger partial charge >= 0.3 is 11.9 Å². The molecule has 8 heteroatoms. The van der Waals surface area contributed by atoms with E-state index in [1.54, 1.807) is 24.3 Å². The number of benzene rings is 1. The van der Waals surface area contributed by atoms with Crippen molar-refractivity contribution in [2.75, 3.05) is 27.4 Å². The molecule has 0 bridgehead atoms. The Hall–Kier alpha value is -3.13. The molecule has 1 aromatic rings. The molecule has 0 saturated carbocycles. The molecule has 1 atom stereocenters. The van der Waals surface area contributed by atoms with Crippen molar-refractivity contribution in [2.45, 2.75) is 32.6 Å². The average molecular weight is 429 g/mol. The van der Waals surface area contributed by atoms with Crippen LogP contribution >= 0.6 is 0 Å². The molecule has 8 nitrogen and oxygen atoms in total. The minimum atomic E-state index is -0.755. The normalized spacial score (nSPS) is 20.1. The molecule has 2 aliphatic rings. The van der Waals surface area contributed by atoms with E-state index in [1.807, 2.05) is 13.8 Å². The fourth-order valence-electron chi connectivity index (χ4n) is 3.94. The lowest BCUT2D eigenvalue weighted by molar-refractivity contribution is -0.141. The van der Waals surface area contributed by atoms with E-state index in [0.29, 0.717) is 35.3 Å². The van der Waals surface area contributed by atoms with Crippen LogP contribution in [-0.2, 0) is 28.5 Å². The molecule has 0 unspecified atom stereocenters. The van der Waals surface area contributed by atoms with Gasteiger partial charge in [0.05, 0.1) is 25.2 Å². The summed E-state index contributed by atoms with van der Waals surface area (Å²) in [5.41, 5.74) is 7.31. The molecule has 1 heterocycles. The van der Waals surface area contributed by atoms with E-state index in [1.165, 1.54) is 14.2 Å². The second kappa shape index (κ2) is 8.93. The van der Waals surface area contributed by atoms with Gasteiger partial charge in [-0.15, -0.1) is 0 Å². The highest BCUT2D eigenvalue weighted by Gasteiger charge is 2.45. The number of allylic oxidation sites excluding steroid dienone is 2. The van der Waals surface area contributed by atoms with Gasteiger partial charge in [-0.1, -0.05) is 26.0 Å². The highest BCUT2D eigenvalue weighted by Crippen LogP contribution is 2.48. The molecule has 3 rings (SSSR count). The fraction of sp³-hybridized carbons (Fsp3) is 0.435. The lowest BCUT2D eigenvalue weighted by Crippen LogP contribution is -2.35. The second-order valence-corrected chi connectivity index (χ2v) is 8.33. The van der Waals surface area contributed by atoms with Crippen LogP contribution in [0.25, 0.3) is 0 Å². The summed E-state index contributed by atoms with van der Waals surface area (Å²) in [7, 11) is 2.79. The summed E-state index contributed by atoms with van der Waals surface area (Å²) in [4.78, 5) is 37.8. The number of Topliss-reactive ketones (excluding diaryl/α,β-unsaturated/α-hetero) is 1. The number of methoxy groups -OCH3 is 2. The van der Waals surface area contributed by atoms with Crippen molar-refractivity contribution in [3.05, 3.63) is 58.2 Å². The van der Waals surface area contributed by atoms with Crippen LogP contribution in [-0.4, -0.2) is 45.2 Å². The van der Waals surface area contributed by atoms with Crippen molar-refractivity contribution in [2.24, 2.45) is 11.1 Å². The lowest BCUT2D eigenvalue weighted by Gasteiger charge is -2.38. The third-order valence-corrected chi connectivity index (χ3v) is 5.36. The summed E-state index contributed by atoms with van der Waals surface area (Å²) in [6.07, 6.45) is 0.829. The van der Waals surface area contributed by atoms with Gasteiger partial charge in [0.1, 0.15) is 17.9 Å². The third kappa shape index (κ3) is 4.64. The van der Waals surface area contributed by atoms with Crippen molar-refractivity contribution >= 4 is 17.7 Å². The number of carbonyl (C=O) groups excluding carboxylic acids is 3. The Morgan fingerprint density at radius 3 is 2.39 bits per heavy atom. The standard InChI is InChI=1S/C23H27NO7/c1-23(2)11-15(25)18-16(12-23)31-20(24)19(22(27)30-10-9-28-3)17(18)13-5-7-14(8-6-13)21(26)29-4/h5-8,17H,9-12,24H2,1-4H3/t17-/m1/s1. The number of hydrogen-bond donors (Lipinski definition) is 1. The molecule has 166 valence electrons. The van der Waals surface area contributed by atoms with Gasteiger partial charge in [-0.25, -0.2) is 9.59 Å². The predicted molar refractivity (Wildman–Crippen MR) is 111 cm³/mol. The topological polar surface area (TPSA) is 114 Å². The first-order valence-corrected chi connectivity index (χ1v) is 9.96. The van der Waals surface area contributed by atoms with E-state index in [-0.39, 0.29) is 35.9 Å². The summed E-state index contributed by atoms with van der Waals surface area (Å²) in [5.74, 6) is -1.65. The first-order chi connectivity index (χ1) is 14.7. The zero-order valence-corrected chi connectivity index (χ0v) is 18.2. The largest absolute Gasteiger partial charge is 0.465 e. The Kier molecular flexibility index (Phi) is 6.50. The summed E-state index contributed by atoms with van der Waals surface area (Å²) in [6, 6.07) is 6.52. The van der Waals surface area contributed by atoms with E-state index in [4.69, 9.17) is 24.7 Å². The van der Waals surface area contributed by atoms with Gasteiger partial charge in [0.2, 0.25) is 5.88 Å². The van der Waals surface area contributed by atoms with Gasteiger partial charge in [-0.2, -0.15) is 0 Å². The molecular weight excluding hydrogens is 402 g/mol. The molecule has 1 aromatic carbocycles. The summed E-state index contributed by atoms with van der Waals surface area (Å²) >= 11 is 0. The number of esters is 2. The van der Waals surface area contributed by atoms with Crippen LogP contribution in [0.15, 0.2) is 47.1 Å². The molecule has 0 amide bonds. The Balaban J connectivity index is 2.07. The molecule has 31 heavy (non-hydrogen) atoms. The van der Waals surface area contributed by atoms with E-state index < -0.39 is 17.9 Å². The first kappa shape index (κ1) is 22.6. The van der Waals surface area contributed by atoms with E-state index in [0.717, 1.165) is 0 Å². The van der Waals surface area contributed by atoms with E-state index in [9.17, 15) is 14.4 Å². The van der Waals surface area contributed by atoms with Gasteiger partial charge in [-0.05, 0) is 23.1 Å². The first-order valence-electron chi connectivity index (χ1n) is 9.96. The zero-order valence-electron chi connectivity index (χ0n) is 18.2. The maximum Gasteiger partial charge on any atom is 0.340 e. The number of ketones is 1. The van der Waals surface area contributed by atoms with Crippen molar-refractivity contribution < 1.29 is 33.3 Å². The quantitative estimate of drug-likeness (QED) is 0.542. The zero-order chi connectivity index (χ0) is 22.8. The molecular formula is C23H27NO7. The molecule has 0 saturated heterocycles.